The van der Waals surface area contributed by atoms with E-state index in [4.69, 9.17) is 4.74 Å². The van der Waals surface area contributed by atoms with Gasteiger partial charge in [-0.1, -0.05) is 0 Å². The number of fused-ring (bicyclic) bond motifs is 1. The second-order valence-corrected chi connectivity index (χ2v) is 3.72. The minimum Gasteiger partial charge on any atom is -0.372 e. The first-order valence-corrected chi connectivity index (χ1v) is 4.98. The number of aromatic nitrogens is 2. The molecule has 5 nitrogen and oxygen atoms in total. The average molecular weight is 210 g/mol. The molecule has 82 valence electrons. The molecule has 1 aromatic heterocycles. The zero-order chi connectivity index (χ0) is 11.2. The normalized spacial score (nSPS) is 18.5. The molecule has 1 aliphatic rings. The van der Waals surface area contributed by atoms with Crippen LogP contribution in [0, 0.1) is 0 Å². The highest BCUT2D eigenvalue weighted by atomic mass is 16.5. The van der Waals surface area contributed by atoms with Crippen molar-refractivity contribution in [3.8, 4) is 0 Å². The van der Waals surface area contributed by atoms with Gasteiger partial charge in [0.15, 0.2) is 0 Å². The van der Waals surface area contributed by atoms with E-state index in [1.54, 1.807) is 7.05 Å². The monoisotopic (exact) mass is 210 g/mol. The van der Waals surface area contributed by atoms with Crippen molar-refractivity contribution in [1.82, 2.24) is 9.13 Å². The summed E-state index contributed by atoms with van der Waals surface area (Å²) in [7, 11) is 3.17. The summed E-state index contributed by atoms with van der Waals surface area (Å²) in [6.07, 6.45) is 0.529. The number of rotatable bonds is 2. The number of hydrogen-bond acceptors (Lipinski definition) is 3. The summed E-state index contributed by atoms with van der Waals surface area (Å²) >= 11 is 0. The Kier molecular flexibility index (Phi) is 2.26. The van der Waals surface area contributed by atoms with Crippen LogP contribution in [0.15, 0.2) is 9.59 Å². The van der Waals surface area contributed by atoms with E-state index in [2.05, 4.69) is 0 Å². The third kappa shape index (κ3) is 1.26. The highest BCUT2D eigenvalue weighted by Crippen LogP contribution is 2.31. The van der Waals surface area contributed by atoms with E-state index in [1.165, 1.54) is 11.6 Å². The van der Waals surface area contributed by atoms with Crippen LogP contribution in [0.1, 0.15) is 24.3 Å². The molecule has 1 unspecified atom stereocenters. The molecule has 1 atom stereocenters. The Morgan fingerprint density at radius 3 is 2.60 bits per heavy atom. The van der Waals surface area contributed by atoms with Crippen molar-refractivity contribution in [2.75, 3.05) is 6.61 Å². The van der Waals surface area contributed by atoms with Crippen LogP contribution in [0.25, 0.3) is 0 Å². The second-order valence-electron chi connectivity index (χ2n) is 3.72. The number of ether oxygens (including phenoxy) is 1. The van der Waals surface area contributed by atoms with Gasteiger partial charge in [0.2, 0.25) is 0 Å². The molecule has 0 aliphatic heterocycles. The maximum absolute atomic E-state index is 11.7. The molecule has 0 saturated heterocycles. The van der Waals surface area contributed by atoms with Gasteiger partial charge in [-0.25, -0.2) is 4.79 Å². The Labute approximate surface area is 86.9 Å². The van der Waals surface area contributed by atoms with Gasteiger partial charge in [-0.2, -0.15) is 0 Å². The van der Waals surface area contributed by atoms with Crippen molar-refractivity contribution < 1.29 is 4.74 Å². The summed E-state index contributed by atoms with van der Waals surface area (Å²) in [6.45, 7) is 2.49. The van der Waals surface area contributed by atoms with Crippen LogP contribution in [0.4, 0.5) is 0 Å². The highest BCUT2D eigenvalue weighted by Gasteiger charge is 2.33. The summed E-state index contributed by atoms with van der Waals surface area (Å²) in [5.41, 5.74) is 0.968. The number of nitrogens with zero attached hydrogens (tertiary/aromatic N) is 2. The predicted molar refractivity (Wildman–Crippen MR) is 55.0 cm³/mol. The van der Waals surface area contributed by atoms with Gasteiger partial charge in [0, 0.05) is 32.7 Å². The largest absolute Gasteiger partial charge is 0.372 e. The van der Waals surface area contributed by atoms with Gasteiger partial charge in [-0.15, -0.1) is 0 Å². The maximum Gasteiger partial charge on any atom is 0.330 e. The van der Waals surface area contributed by atoms with Crippen LogP contribution in [0.5, 0.6) is 0 Å². The van der Waals surface area contributed by atoms with E-state index in [1.807, 2.05) is 6.92 Å². The van der Waals surface area contributed by atoms with Crippen LogP contribution in [0.2, 0.25) is 0 Å². The number of hydrogen-bond donors (Lipinski definition) is 0. The topological polar surface area (TPSA) is 53.2 Å². The average Bonchev–Trinajstić information content (AvgIpc) is 2.18. The molecule has 15 heavy (non-hydrogen) atoms. The van der Waals surface area contributed by atoms with E-state index in [0.29, 0.717) is 18.6 Å². The van der Waals surface area contributed by atoms with Gasteiger partial charge < -0.3 is 4.74 Å². The Morgan fingerprint density at radius 1 is 1.33 bits per heavy atom. The molecule has 2 rings (SSSR count). The molecule has 0 aromatic carbocycles. The van der Waals surface area contributed by atoms with Crippen LogP contribution >= 0.6 is 0 Å². The molecule has 0 saturated carbocycles. The molecule has 1 heterocycles. The van der Waals surface area contributed by atoms with E-state index in [9.17, 15) is 9.59 Å². The van der Waals surface area contributed by atoms with Gasteiger partial charge in [0.05, 0.1) is 5.69 Å². The fraction of sp³-hybridized carbons (Fsp3) is 0.600. The minimum atomic E-state index is -0.289. The second kappa shape index (κ2) is 3.34. The highest BCUT2D eigenvalue weighted by molar-refractivity contribution is 5.31. The van der Waals surface area contributed by atoms with Crippen LogP contribution in [0.3, 0.4) is 0 Å². The minimum absolute atomic E-state index is 0.0865. The first kappa shape index (κ1) is 10.2. The Morgan fingerprint density at radius 2 is 2.00 bits per heavy atom. The van der Waals surface area contributed by atoms with Crippen LogP contribution < -0.4 is 11.2 Å². The maximum atomic E-state index is 11.7. The third-order valence-corrected chi connectivity index (χ3v) is 2.87. The van der Waals surface area contributed by atoms with Crippen LogP contribution in [-0.4, -0.2) is 15.7 Å². The standard InChI is InChI=1S/C10H14N2O3/c1-4-15-7-5-6-8(7)11(2)10(14)12(3)9(6)13/h7H,4-5H2,1-3H3. The van der Waals surface area contributed by atoms with Gasteiger partial charge in [-0.05, 0) is 6.92 Å². The molecule has 1 aliphatic carbocycles. The lowest BCUT2D eigenvalue weighted by atomic mass is 9.91. The summed E-state index contributed by atoms with van der Waals surface area (Å²) in [5.74, 6) is 0. The van der Waals surface area contributed by atoms with Crippen LogP contribution in [-0.2, 0) is 25.3 Å². The van der Waals surface area contributed by atoms with Gasteiger partial charge >= 0.3 is 5.69 Å². The van der Waals surface area contributed by atoms with Crippen molar-refractivity contribution in [2.45, 2.75) is 19.4 Å². The lowest BCUT2D eigenvalue weighted by Crippen LogP contribution is -2.46. The summed E-state index contributed by atoms with van der Waals surface area (Å²) < 4.78 is 8.07. The molecule has 0 fully saturated rings. The van der Waals surface area contributed by atoms with Crippen molar-refractivity contribution in [3.63, 3.8) is 0 Å². The van der Waals surface area contributed by atoms with Crippen molar-refractivity contribution in [1.29, 1.82) is 0 Å². The molecular formula is C10H14N2O3. The van der Waals surface area contributed by atoms with E-state index >= 15 is 0 Å². The lowest BCUT2D eigenvalue weighted by Gasteiger charge is -2.31. The van der Waals surface area contributed by atoms with Gasteiger partial charge in [0.1, 0.15) is 6.10 Å². The SMILES string of the molecule is CCOC1Cc2c1n(C)c(=O)n(C)c2=O. The third-order valence-electron chi connectivity index (χ3n) is 2.87. The molecule has 0 radical (unpaired) electrons. The molecule has 0 N–H and O–H groups in total. The molecule has 1 aromatic rings. The van der Waals surface area contributed by atoms with Crippen molar-refractivity contribution in [2.24, 2.45) is 14.1 Å². The summed E-state index contributed by atoms with van der Waals surface area (Å²) in [4.78, 5) is 23.3. The van der Waals surface area contributed by atoms with Gasteiger partial charge in [0.25, 0.3) is 5.56 Å². The smallest absolute Gasteiger partial charge is 0.330 e. The molecular weight excluding hydrogens is 196 g/mol. The zero-order valence-corrected chi connectivity index (χ0v) is 9.11. The fourth-order valence-corrected chi connectivity index (χ4v) is 2.02. The Bertz CT molecular complexity index is 481. The quantitative estimate of drug-likeness (QED) is 0.674. The van der Waals surface area contributed by atoms with Gasteiger partial charge in [-0.3, -0.25) is 13.9 Å². The Hall–Kier alpha value is -1.36. The fourth-order valence-electron chi connectivity index (χ4n) is 2.02. The summed E-state index contributed by atoms with van der Waals surface area (Å²) in [5, 5.41) is 0. The molecule has 5 heteroatoms. The van der Waals surface area contributed by atoms with E-state index in [0.717, 1.165) is 10.3 Å². The predicted octanol–water partition coefficient (Wildman–Crippen LogP) is -0.282. The molecule has 0 bridgehead atoms. The van der Waals surface area contributed by atoms with Crippen molar-refractivity contribution in [3.05, 3.63) is 32.1 Å². The molecule has 0 spiro atoms. The lowest BCUT2D eigenvalue weighted by molar-refractivity contribution is 0.0373. The van der Waals surface area contributed by atoms with E-state index in [-0.39, 0.29) is 17.4 Å². The van der Waals surface area contributed by atoms with Crippen molar-refractivity contribution >= 4 is 0 Å². The zero-order valence-electron chi connectivity index (χ0n) is 9.11. The Balaban J connectivity index is 2.61. The van der Waals surface area contributed by atoms with E-state index < -0.39 is 0 Å². The first-order valence-electron chi connectivity index (χ1n) is 4.98. The molecule has 0 amide bonds. The summed E-state index contributed by atoms with van der Waals surface area (Å²) in [6, 6.07) is 0. The first-order chi connectivity index (χ1) is 7.07.